The first-order valence-corrected chi connectivity index (χ1v) is 12.0. The van der Waals surface area contributed by atoms with Gasteiger partial charge in [0.05, 0.1) is 31.7 Å². The number of nitrogens with zero attached hydrogens (tertiary/aromatic N) is 3. The Morgan fingerprint density at radius 2 is 2.03 bits per heavy atom. The zero-order valence-electron chi connectivity index (χ0n) is 19.8. The van der Waals surface area contributed by atoms with Crippen molar-refractivity contribution in [1.29, 1.82) is 0 Å². The molecule has 0 aliphatic carbocycles. The number of aliphatic carboxylic acids is 1. The number of ether oxygens (including phenoxy) is 1. The summed E-state index contributed by atoms with van der Waals surface area (Å²) in [4.78, 5) is 47.6. The van der Waals surface area contributed by atoms with E-state index in [-0.39, 0.29) is 30.6 Å². The van der Waals surface area contributed by atoms with E-state index in [0.29, 0.717) is 37.4 Å². The van der Waals surface area contributed by atoms with Crippen molar-refractivity contribution in [3.05, 3.63) is 47.3 Å². The van der Waals surface area contributed by atoms with Crippen LogP contribution in [0.3, 0.4) is 0 Å². The summed E-state index contributed by atoms with van der Waals surface area (Å²) in [6.45, 7) is 1.86. The molecule has 0 bridgehead atoms. The van der Waals surface area contributed by atoms with Gasteiger partial charge in [0.15, 0.2) is 0 Å². The number of pyridine rings is 2. The molecule has 0 spiro atoms. The maximum absolute atomic E-state index is 12.9. The third-order valence-electron chi connectivity index (χ3n) is 6.57. The number of anilines is 1. The van der Waals surface area contributed by atoms with Gasteiger partial charge in [0.2, 0.25) is 17.7 Å². The average molecular weight is 482 g/mol. The topological polar surface area (TPSA) is 134 Å². The molecule has 1 fully saturated rings. The lowest BCUT2D eigenvalue weighted by molar-refractivity contribution is -0.139. The molecule has 2 amide bonds. The van der Waals surface area contributed by atoms with Crippen LogP contribution in [0.2, 0.25) is 0 Å². The summed E-state index contributed by atoms with van der Waals surface area (Å²) < 4.78 is 5.04. The number of methoxy groups -OCH3 is 1. The second-order valence-electron chi connectivity index (χ2n) is 8.97. The molecule has 35 heavy (non-hydrogen) atoms. The molecule has 0 radical (unpaired) electrons. The molecule has 2 aromatic heterocycles. The van der Waals surface area contributed by atoms with Gasteiger partial charge in [-0.25, -0.2) is 9.97 Å². The van der Waals surface area contributed by atoms with Crippen molar-refractivity contribution in [2.45, 2.75) is 44.6 Å². The summed E-state index contributed by atoms with van der Waals surface area (Å²) in [6.07, 6.45) is 4.63. The number of hydrogen-bond acceptors (Lipinski definition) is 7. The van der Waals surface area contributed by atoms with Gasteiger partial charge in [0.25, 0.3) is 0 Å². The fourth-order valence-corrected chi connectivity index (χ4v) is 4.56. The molecule has 3 N–H and O–H groups in total. The number of piperidine rings is 1. The summed E-state index contributed by atoms with van der Waals surface area (Å²) in [7, 11) is 1.50. The number of fused-ring (bicyclic) bond motifs is 1. The molecule has 1 saturated heterocycles. The monoisotopic (exact) mass is 481 g/mol. The number of amides is 2. The van der Waals surface area contributed by atoms with Gasteiger partial charge < -0.3 is 25.4 Å². The van der Waals surface area contributed by atoms with Gasteiger partial charge in [-0.15, -0.1) is 0 Å². The number of carbonyl (C=O) groups is 3. The molecule has 2 aliphatic heterocycles. The minimum absolute atomic E-state index is 0.000165. The highest BCUT2D eigenvalue weighted by Gasteiger charge is 2.29. The van der Waals surface area contributed by atoms with Crippen LogP contribution < -0.4 is 15.4 Å². The predicted octanol–water partition coefficient (Wildman–Crippen LogP) is 1.96. The average Bonchev–Trinajstić information content (AvgIpc) is 2.88. The smallest absolute Gasteiger partial charge is 0.305 e. The fourth-order valence-electron chi connectivity index (χ4n) is 4.56. The van der Waals surface area contributed by atoms with Crippen LogP contribution in [0.4, 0.5) is 5.82 Å². The Morgan fingerprint density at radius 1 is 1.23 bits per heavy atom. The van der Waals surface area contributed by atoms with E-state index in [9.17, 15) is 19.5 Å². The molecule has 186 valence electrons. The summed E-state index contributed by atoms with van der Waals surface area (Å²) in [5.41, 5.74) is 2.53. The number of rotatable bonds is 8. The second kappa shape index (κ2) is 11.2. The standard InChI is InChI=1S/C25H31N5O5/c1-35-21-7-5-18(15-27-21)20(14-23(32)33)29-25(34)17-8-11-30(12-9-17)22(31)13-19-6-4-16-3-2-10-26-24(16)28-19/h4-7,15,17,20H,2-3,8-14H2,1H3,(H,26,28)(H,29,34)(H,32,33)/t20-/m0/s1. The lowest BCUT2D eigenvalue weighted by Gasteiger charge is -2.32. The van der Waals surface area contributed by atoms with E-state index >= 15 is 0 Å². The number of carboxylic acids is 1. The summed E-state index contributed by atoms with van der Waals surface area (Å²) in [5.74, 6) is -0.222. The third-order valence-corrected chi connectivity index (χ3v) is 6.57. The van der Waals surface area contributed by atoms with Crippen LogP contribution in [0.1, 0.15) is 48.5 Å². The van der Waals surface area contributed by atoms with E-state index < -0.39 is 12.0 Å². The number of aromatic nitrogens is 2. The summed E-state index contributed by atoms with van der Waals surface area (Å²) >= 11 is 0. The van der Waals surface area contributed by atoms with Gasteiger partial charge in [-0.1, -0.05) is 12.1 Å². The van der Waals surface area contributed by atoms with E-state index in [1.807, 2.05) is 12.1 Å². The molecule has 4 rings (SSSR count). The van der Waals surface area contributed by atoms with Crippen LogP contribution in [0.15, 0.2) is 30.5 Å². The van der Waals surface area contributed by atoms with Crippen molar-refractivity contribution in [1.82, 2.24) is 20.2 Å². The van der Waals surface area contributed by atoms with E-state index in [2.05, 4.69) is 20.6 Å². The zero-order chi connectivity index (χ0) is 24.8. The molecular formula is C25H31N5O5. The van der Waals surface area contributed by atoms with Crippen molar-refractivity contribution in [2.75, 3.05) is 32.1 Å². The minimum atomic E-state index is -1.02. The van der Waals surface area contributed by atoms with Crippen LogP contribution >= 0.6 is 0 Å². The van der Waals surface area contributed by atoms with Crippen LogP contribution in [0.25, 0.3) is 0 Å². The molecule has 4 heterocycles. The van der Waals surface area contributed by atoms with Crippen molar-refractivity contribution in [3.8, 4) is 5.88 Å². The van der Waals surface area contributed by atoms with Crippen LogP contribution in [0, 0.1) is 5.92 Å². The molecule has 10 heteroatoms. The third kappa shape index (κ3) is 6.26. The highest BCUT2D eigenvalue weighted by molar-refractivity contribution is 5.81. The molecule has 1 atom stereocenters. The quantitative estimate of drug-likeness (QED) is 0.521. The van der Waals surface area contributed by atoms with Gasteiger partial charge >= 0.3 is 5.97 Å². The van der Waals surface area contributed by atoms with Crippen molar-refractivity contribution in [2.24, 2.45) is 5.92 Å². The van der Waals surface area contributed by atoms with E-state index in [1.54, 1.807) is 17.0 Å². The van der Waals surface area contributed by atoms with Crippen LogP contribution in [-0.4, -0.2) is 64.5 Å². The highest BCUT2D eigenvalue weighted by Crippen LogP contribution is 2.24. The normalized spacial score (nSPS) is 16.5. The first kappa shape index (κ1) is 24.4. The Bertz CT molecular complexity index is 1070. The Balaban J connectivity index is 1.30. The molecule has 0 unspecified atom stereocenters. The van der Waals surface area contributed by atoms with Gasteiger partial charge in [-0.3, -0.25) is 14.4 Å². The van der Waals surface area contributed by atoms with Crippen LogP contribution in [-0.2, 0) is 27.2 Å². The van der Waals surface area contributed by atoms with Crippen molar-refractivity contribution >= 4 is 23.6 Å². The molecule has 2 aliphatic rings. The lowest BCUT2D eigenvalue weighted by atomic mass is 9.94. The number of nitrogens with one attached hydrogen (secondary N) is 2. The number of carbonyl (C=O) groups excluding carboxylic acids is 2. The summed E-state index contributed by atoms with van der Waals surface area (Å²) in [5, 5.41) is 15.5. The first-order chi connectivity index (χ1) is 16.9. The predicted molar refractivity (Wildman–Crippen MR) is 128 cm³/mol. The first-order valence-electron chi connectivity index (χ1n) is 12.0. The SMILES string of the molecule is COc1ccc([C@H](CC(=O)O)NC(=O)C2CCN(C(=O)Cc3ccc4c(n3)NCCC4)CC2)cn1. The molecule has 0 saturated carbocycles. The zero-order valence-corrected chi connectivity index (χ0v) is 19.8. The van der Waals surface area contributed by atoms with Gasteiger partial charge in [0, 0.05) is 37.8 Å². The Kier molecular flexibility index (Phi) is 7.79. The number of hydrogen-bond donors (Lipinski definition) is 3. The number of carboxylic acid groups (broad SMARTS) is 1. The van der Waals surface area contributed by atoms with Crippen molar-refractivity contribution in [3.63, 3.8) is 0 Å². The molecule has 10 nitrogen and oxygen atoms in total. The van der Waals surface area contributed by atoms with Gasteiger partial charge in [0.1, 0.15) is 5.82 Å². The number of likely N-dealkylation sites (tertiary alicyclic amines) is 1. The Hall–Kier alpha value is -3.69. The largest absolute Gasteiger partial charge is 0.481 e. The lowest BCUT2D eigenvalue weighted by Crippen LogP contribution is -2.44. The van der Waals surface area contributed by atoms with Gasteiger partial charge in [-0.2, -0.15) is 0 Å². The van der Waals surface area contributed by atoms with Gasteiger partial charge in [-0.05, 0) is 42.9 Å². The molecule has 0 aromatic carbocycles. The van der Waals surface area contributed by atoms with Crippen LogP contribution in [0.5, 0.6) is 5.88 Å². The highest BCUT2D eigenvalue weighted by atomic mass is 16.5. The summed E-state index contributed by atoms with van der Waals surface area (Å²) in [6, 6.07) is 6.60. The minimum Gasteiger partial charge on any atom is -0.481 e. The van der Waals surface area contributed by atoms with Crippen molar-refractivity contribution < 1.29 is 24.2 Å². The second-order valence-corrected chi connectivity index (χ2v) is 8.97. The Labute approximate surface area is 204 Å². The maximum atomic E-state index is 12.9. The molecule has 2 aromatic rings. The fraction of sp³-hybridized carbons (Fsp3) is 0.480. The molecular weight excluding hydrogens is 450 g/mol. The van der Waals surface area contributed by atoms with E-state index in [4.69, 9.17) is 4.74 Å². The maximum Gasteiger partial charge on any atom is 0.305 e. The van der Waals surface area contributed by atoms with E-state index in [0.717, 1.165) is 30.9 Å². The Morgan fingerprint density at radius 3 is 2.71 bits per heavy atom. The number of aryl methyl sites for hydroxylation is 1. The van der Waals surface area contributed by atoms with E-state index in [1.165, 1.54) is 18.9 Å².